The van der Waals surface area contributed by atoms with Crippen LogP contribution >= 0.6 is 11.6 Å². The molecular formula is C18H24ClNO3S. The van der Waals surface area contributed by atoms with Crippen LogP contribution in [0.25, 0.3) is 0 Å². The molecule has 3 rings (SSSR count). The lowest BCUT2D eigenvalue weighted by Crippen LogP contribution is -2.56. The smallest absolute Gasteiger partial charge is 0.222 e. The lowest BCUT2D eigenvalue weighted by molar-refractivity contribution is -0.134. The van der Waals surface area contributed by atoms with Gasteiger partial charge in [0.05, 0.1) is 4.90 Å². The molecule has 0 atom stereocenters. The Labute approximate surface area is 149 Å². The summed E-state index contributed by atoms with van der Waals surface area (Å²) in [5.41, 5.74) is 0. The van der Waals surface area contributed by atoms with E-state index in [1.54, 1.807) is 17.0 Å². The fourth-order valence-electron chi connectivity index (χ4n) is 3.62. The van der Waals surface area contributed by atoms with Gasteiger partial charge in [-0.3, -0.25) is 4.79 Å². The first kappa shape index (κ1) is 17.7. The Kier molecular flexibility index (Phi) is 5.50. The van der Waals surface area contributed by atoms with E-state index in [0.717, 1.165) is 6.42 Å². The van der Waals surface area contributed by atoms with Crippen LogP contribution in [0.1, 0.15) is 44.9 Å². The van der Waals surface area contributed by atoms with Crippen molar-refractivity contribution in [2.75, 3.05) is 13.1 Å². The maximum absolute atomic E-state index is 12.5. The molecule has 4 nitrogen and oxygen atoms in total. The molecule has 0 spiro atoms. The summed E-state index contributed by atoms with van der Waals surface area (Å²) < 4.78 is 25.0. The van der Waals surface area contributed by atoms with Gasteiger partial charge in [-0.15, -0.1) is 0 Å². The number of likely N-dealkylation sites (tertiary alicyclic amines) is 1. The van der Waals surface area contributed by atoms with Crippen LogP contribution in [0.5, 0.6) is 0 Å². The van der Waals surface area contributed by atoms with Gasteiger partial charge < -0.3 is 4.90 Å². The fraction of sp³-hybridized carbons (Fsp3) is 0.611. The van der Waals surface area contributed by atoms with E-state index in [0.29, 0.717) is 30.5 Å². The minimum atomic E-state index is -3.37. The molecule has 1 aromatic carbocycles. The summed E-state index contributed by atoms with van der Waals surface area (Å²) >= 11 is 5.80. The monoisotopic (exact) mass is 369 g/mol. The Morgan fingerprint density at radius 3 is 2.33 bits per heavy atom. The van der Waals surface area contributed by atoms with Crippen molar-refractivity contribution in [1.82, 2.24) is 4.90 Å². The lowest BCUT2D eigenvalue weighted by atomic mass is 9.86. The molecule has 1 aliphatic carbocycles. The topological polar surface area (TPSA) is 54.5 Å². The first-order chi connectivity index (χ1) is 11.5. The normalized spacial score (nSPS) is 20.0. The van der Waals surface area contributed by atoms with Crippen LogP contribution in [0.15, 0.2) is 29.2 Å². The molecule has 0 radical (unpaired) electrons. The first-order valence-electron chi connectivity index (χ1n) is 8.74. The highest BCUT2D eigenvalue weighted by Gasteiger charge is 2.40. The number of hydrogen-bond donors (Lipinski definition) is 0. The van der Waals surface area contributed by atoms with Crippen molar-refractivity contribution in [3.8, 4) is 0 Å². The molecule has 1 aliphatic heterocycles. The third-order valence-electron chi connectivity index (χ3n) is 5.27. The number of carbonyl (C=O) groups is 1. The van der Waals surface area contributed by atoms with E-state index in [4.69, 9.17) is 11.6 Å². The van der Waals surface area contributed by atoms with E-state index in [1.807, 2.05) is 0 Å². The second-order valence-electron chi connectivity index (χ2n) is 6.96. The summed E-state index contributed by atoms with van der Waals surface area (Å²) in [6.07, 6.45) is 7.86. The van der Waals surface area contributed by atoms with Crippen molar-refractivity contribution >= 4 is 27.3 Å². The third-order valence-corrected chi connectivity index (χ3v) is 7.63. The number of benzene rings is 1. The van der Waals surface area contributed by atoms with E-state index in [-0.39, 0.29) is 10.8 Å². The van der Waals surface area contributed by atoms with Gasteiger partial charge in [-0.05, 0) is 36.6 Å². The second-order valence-corrected chi connectivity index (χ2v) is 9.63. The number of sulfone groups is 1. The first-order valence-corrected chi connectivity index (χ1v) is 10.7. The molecule has 1 saturated carbocycles. The van der Waals surface area contributed by atoms with Crippen LogP contribution in [0, 0.1) is 5.92 Å². The summed E-state index contributed by atoms with van der Waals surface area (Å²) in [6, 6.07) is 6.23. The number of hydrogen-bond acceptors (Lipinski definition) is 3. The predicted octanol–water partition coefficient (Wildman–Crippen LogP) is 3.69. The summed E-state index contributed by atoms with van der Waals surface area (Å²) in [5, 5.41) is 0.0272. The van der Waals surface area contributed by atoms with Crippen molar-refractivity contribution in [2.45, 2.75) is 55.1 Å². The van der Waals surface area contributed by atoms with Crippen molar-refractivity contribution in [1.29, 1.82) is 0 Å². The zero-order valence-electron chi connectivity index (χ0n) is 13.8. The van der Waals surface area contributed by atoms with Crippen LogP contribution in [0.2, 0.25) is 5.02 Å². The molecule has 6 heteroatoms. The van der Waals surface area contributed by atoms with Gasteiger partial charge in [-0.2, -0.15) is 0 Å². The number of nitrogens with zero attached hydrogens (tertiary/aromatic N) is 1. The Hall–Kier alpha value is -1.07. The van der Waals surface area contributed by atoms with E-state index in [1.165, 1.54) is 44.2 Å². The number of carbonyl (C=O) groups excluding carboxylic acids is 1. The van der Waals surface area contributed by atoms with E-state index >= 15 is 0 Å². The van der Waals surface area contributed by atoms with Crippen LogP contribution in [0.4, 0.5) is 0 Å². The highest BCUT2D eigenvalue weighted by molar-refractivity contribution is 7.92. The molecule has 1 heterocycles. The largest absolute Gasteiger partial charge is 0.340 e. The summed E-state index contributed by atoms with van der Waals surface area (Å²) in [4.78, 5) is 14.2. The fourth-order valence-corrected chi connectivity index (χ4v) is 5.40. The van der Waals surface area contributed by atoms with Crippen molar-refractivity contribution in [2.24, 2.45) is 5.92 Å². The van der Waals surface area contributed by atoms with Gasteiger partial charge in [0.25, 0.3) is 0 Å². The Bertz CT molecular complexity index is 675. The van der Waals surface area contributed by atoms with Gasteiger partial charge in [0, 0.05) is 24.5 Å². The number of halogens is 1. The average molecular weight is 370 g/mol. The lowest BCUT2D eigenvalue weighted by Gasteiger charge is -2.39. The summed E-state index contributed by atoms with van der Waals surface area (Å²) in [7, 11) is -3.37. The minimum absolute atomic E-state index is 0.100. The molecule has 132 valence electrons. The molecule has 0 unspecified atom stereocenters. The van der Waals surface area contributed by atoms with Crippen LogP contribution in [0.3, 0.4) is 0 Å². The molecule has 2 fully saturated rings. The van der Waals surface area contributed by atoms with Gasteiger partial charge in [0.1, 0.15) is 5.25 Å². The van der Waals surface area contributed by atoms with Gasteiger partial charge in [-0.1, -0.05) is 43.7 Å². The van der Waals surface area contributed by atoms with Crippen LogP contribution in [-0.4, -0.2) is 37.6 Å². The molecule has 0 aromatic heterocycles. The third kappa shape index (κ3) is 3.94. The van der Waals surface area contributed by atoms with E-state index in [2.05, 4.69) is 0 Å². The maximum atomic E-state index is 12.5. The zero-order chi connectivity index (χ0) is 17.2. The van der Waals surface area contributed by atoms with Crippen molar-refractivity contribution in [3.05, 3.63) is 29.3 Å². The van der Waals surface area contributed by atoms with E-state index < -0.39 is 15.1 Å². The quantitative estimate of drug-likeness (QED) is 0.795. The molecule has 0 bridgehead atoms. The van der Waals surface area contributed by atoms with E-state index in [9.17, 15) is 13.2 Å². The Morgan fingerprint density at radius 2 is 1.71 bits per heavy atom. The molecule has 1 aromatic rings. The van der Waals surface area contributed by atoms with Crippen LogP contribution < -0.4 is 0 Å². The number of amides is 1. The van der Waals surface area contributed by atoms with Gasteiger partial charge in [-0.25, -0.2) is 8.42 Å². The van der Waals surface area contributed by atoms with Gasteiger partial charge in [0.2, 0.25) is 5.91 Å². The standard InChI is InChI=1S/C18H24ClNO3S/c19-15-7-9-16(10-8-15)24(22,23)17-12-20(13-17)18(21)11-6-14-4-2-1-3-5-14/h7-10,14,17H,1-6,11-13H2. The number of rotatable bonds is 5. The van der Waals surface area contributed by atoms with Gasteiger partial charge >= 0.3 is 0 Å². The Morgan fingerprint density at radius 1 is 1.08 bits per heavy atom. The molecule has 1 amide bonds. The highest BCUT2D eigenvalue weighted by atomic mass is 35.5. The second kappa shape index (κ2) is 7.44. The molecule has 2 aliphatic rings. The molecule has 1 saturated heterocycles. The molecular weight excluding hydrogens is 346 g/mol. The Balaban J connectivity index is 1.49. The molecule has 0 N–H and O–H groups in total. The predicted molar refractivity (Wildman–Crippen MR) is 94.8 cm³/mol. The highest BCUT2D eigenvalue weighted by Crippen LogP contribution is 2.29. The van der Waals surface area contributed by atoms with Gasteiger partial charge in [0.15, 0.2) is 9.84 Å². The van der Waals surface area contributed by atoms with Crippen molar-refractivity contribution < 1.29 is 13.2 Å². The van der Waals surface area contributed by atoms with Crippen molar-refractivity contribution in [3.63, 3.8) is 0 Å². The minimum Gasteiger partial charge on any atom is -0.340 e. The maximum Gasteiger partial charge on any atom is 0.222 e. The average Bonchev–Trinajstić information content (AvgIpc) is 2.52. The SMILES string of the molecule is O=C(CCC1CCCCC1)N1CC(S(=O)(=O)c2ccc(Cl)cc2)C1. The summed E-state index contributed by atoms with van der Waals surface area (Å²) in [5.74, 6) is 0.778. The zero-order valence-corrected chi connectivity index (χ0v) is 15.4. The molecule has 24 heavy (non-hydrogen) atoms. The van der Waals surface area contributed by atoms with Crippen LogP contribution in [-0.2, 0) is 14.6 Å². The summed E-state index contributed by atoms with van der Waals surface area (Å²) in [6.45, 7) is 0.628.